The molecule has 0 unspecified atom stereocenters. The molecule has 0 saturated heterocycles. The number of nitrogens with zero attached hydrogens (tertiary/aromatic N) is 2. The first kappa shape index (κ1) is 24.0. The van der Waals surface area contributed by atoms with E-state index in [4.69, 9.17) is 9.15 Å². The van der Waals surface area contributed by atoms with E-state index in [-0.39, 0.29) is 28.8 Å². The molecule has 2 aromatic rings. The summed E-state index contributed by atoms with van der Waals surface area (Å²) < 4.78 is 75.6. The Morgan fingerprint density at radius 3 is 2.23 bits per heavy atom. The second kappa shape index (κ2) is 9.25. The summed E-state index contributed by atoms with van der Waals surface area (Å²) in [4.78, 5) is 12.1. The van der Waals surface area contributed by atoms with Gasteiger partial charge in [0.05, 0.1) is 10.5 Å². The quantitative estimate of drug-likeness (QED) is 0.524. The Labute approximate surface area is 175 Å². The summed E-state index contributed by atoms with van der Waals surface area (Å²) in [5.74, 6) is -2.04. The largest absolute Gasteiger partial charge is 0.454 e. The van der Waals surface area contributed by atoms with Crippen LogP contribution in [-0.2, 0) is 31.4 Å². The molecule has 0 aliphatic heterocycles. The van der Waals surface area contributed by atoms with Crippen molar-refractivity contribution in [1.29, 1.82) is 0 Å². The Balaban J connectivity index is 2.22. The molecule has 30 heavy (non-hydrogen) atoms. The Morgan fingerprint density at radius 2 is 1.67 bits per heavy atom. The summed E-state index contributed by atoms with van der Waals surface area (Å²) in [5.41, 5.74) is -0.559. The van der Waals surface area contributed by atoms with Crippen molar-refractivity contribution >= 4 is 26.0 Å². The maximum absolute atomic E-state index is 14.1. The number of hydrogen-bond acceptors (Lipinski definition) is 7. The lowest BCUT2D eigenvalue weighted by atomic mass is 10.2. The van der Waals surface area contributed by atoms with Gasteiger partial charge in [0, 0.05) is 27.2 Å². The van der Waals surface area contributed by atoms with Crippen LogP contribution < -0.4 is 0 Å². The number of halogens is 1. The van der Waals surface area contributed by atoms with Crippen LogP contribution in [-0.4, -0.2) is 58.6 Å². The van der Waals surface area contributed by atoms with Gasteiger partial charge in [0.25, 0.3) is 10.0 Å². The average Bonchev–Trinajstić information content (AvgIpc) is 3.16. The third kappa shape index (κ3) is 4.89. The number of carbonyl (C=O) groups is 1. The second-order valence-corrected chi connectivity index (χ2v) is 10.3. The zero-order valence-corrected chi connectivity index (χ0v) is 18.6. The molecule has 0 fully saturated rings. The number of ether oxygens (including phenoxy) is 1. The number of rotatable bonds is 9. The van der Waals surface area contributed by atoms with Gasteiger partial charge >= 0.3 is 5.97 Å². The fourth-order valence-corrected chi connectivity index (χ4v) is 4.80. The maximum atomic E-state index is 14.1. The molecule has 0 radical (unpaired) electrons. The van der Waals surface area contributed by atoms with Gasteiger partial charge in [0.15, 0.2) is 0 Å². The fourth-order valence-electron chi connectivity index (χ4n) is 2.50. The Morgan fingerprint density at radius 1 is 1.03 bits per heavy atom. The van der Waals surface area contributed by atoms with Crippen molar-refractivity contribution in [1.82, 2.24) is 8.61 Å². The minimum absolute atomic E-state index is 0.0242. The normalized spacial score (nSPS) is 12.5. The number of esters is 1. The zero-order chi connectivity index (χ0) is 22.7. The van der Waals surface area contributed by atoms with Gasteiger partial charge in [-0.2, -0.15) is 4.31 Å². The van der Waals surface area contributed by atoms with Gasteiger partial charge in [0.1, 0.15) is 18.2 Å². The van der Waals surface area contributed by atoms with Crippen molar-refractivity contribution in [2.24, 2.45) is 0 Å². The van der Waals surface area contributed by atoms with E-state index in [1.54, 1.807) is 13.8 Å². The molecule has 2 rings (SSSR count). The first-order valence-corrected chi connectivity index (χ1v) is 11.8. The van der Waals surface area contributed by atoms with E-state index in [1.807, 2.05) is 0 Å². The molecule has 0 spiro atoms. The van der Waals surface area contributed by atoms with Gasteiger partial charge < -0.3 is 9.15 Å². The van der Waals surface area contributed by atoms with E-state index in [9.17, 15) is 26.0 Å². The molecule has 1 aromatic heterocycles. The predicted molar refractivity (Wildman–Crippen MR) is 105 cm³/mol. The molecule has 0 N–H and O–H groups in total. The van der Waals surface area contributed by atoms with Crippen LogP contribution in [0.1, 0.15) is 30.0 Å². The topological polar surface area (TPSA) is 114 Å². The molecule has 166 valence electrons. The molecule has 12 heteroatoms. The average molecular weight is 463 g/mol. The fraction of sp³-hybridized carbons (Fsp3) is 0.389. The van der Waals surface area contributed by atoms with E-state index in [1.165, 1.54) is 30.5 Å². The molecule has 0 bridgehead atoms. The lowest BCUT2D eigenvalue weighted by Gasteiger charge is -2.18. The minimum atomic E-state index is -3.89. The molecule has 0 aliphatic rings. The van der Waals surface area contributed by atoms with Gasteiger partial charge in [-0.25, -0.2) is 30.3 Å². The summed E-state index contributed by atoms with van der Waals surface area (Å²) in [6, 6.07) is 5.37. The summed E-state index contributed by atoms with van der Waals surface area (Å²) in [5, 5.41) is -0.336. The van der Waals surface area contributed by atoms with Crippen molar-refractivity contribution < 1.29 is 35.2 Å². The van der Waals surface area contributed by atoms with Gasteiger partial charge in [-0.15, -0.1) is 0 Å². The summed E-state index contributed by atoms with van der Waals surface area (Å²) in [6.45, 7) is 3.29. The highest BCUT2D eigenvalue weighted by atomic mass is 32.2. The molecular formula is C18H23FN2O7S2. The molecule has 9 nitrogen and oxygen atoms in total. The van der Waals surface area contributed by atoms with Crippen LogP contribution in [0.5, 0.6) is 0 Å². The summed E-state index contributed by atoms with van der Waals surface area (Å²) in [6.07, 6.45) is 0. The highest BCUT2D eigenvalue weighted by Crippen LogP contribution is 2.21. The SMILES string of the molecule is CCN(CC)S(=O)(=O)c1ccc(F)c(C(=O)OCc2ccc(S(=O)(=O)N(C)C)o2)c1. The van der Waals surface area contributed by atoms with Crippen LogP contribution in [0.3, 0.4) is 0 Å². The van der Waals surface area contributed by atoms with Gasteiger partial charge in [-0.3, -0.25) is 0 Å². The number of benzene rings is 1. The summed E-state index contributed by atoms with van der Waals surface area (Å²) >= 11 is 0. The molecule has 0 atom stereocenters. The van der Waals surface area contributed by atoms with Gasteiger partial charge in [-0.1, -0.05) is 13.8 Å². The number of carbonyl (C=O) groups excluding carboxylic acids is 1. The third-order valence-electron chi connectivity index (χ3n) is 4.22. The molecule has 0 aliphatic carbocycles. The lowest BCUT2D eigenvalue weighted by molar-refractivity contribution is 0.0435. The van der Waals surface area contributed by atoms with Crippen molar-refractivity contribution in [3.8, 4) is 0 Å². The van der Waals surface area contributed by atoms with Crippen LogP contribution in [0.15, 0.2) is 44.7 Å². The van der Waals surface area contributed by atoms with Gasteiger partial charge in [0.2, 0.25) is 15.1 Å². The highest BCUT2D eigenvalue weighted by Gasteiger charge is 2.25. The van der Waals surface area contributed by atoms with E-state index < -0.39 is 44.0 Å². The molecule has 0 amide bonds. The van der Waals surface area contributed by atoms with Crippen LogP contribution in [0.25, 0.3) is 0 Å². The maximum Gasteiger partial charge on any atom is 0.341 e. The smallest absolute Gasteiger partial charge is 0.341 e. The zero-order valence-electron chi connectivity index (χ0n) is 17.0. The lowest BCUT2D eigenvalue weighted by Crippen LogP contribution is -2.30. The second-order valence-electron chi connectivity index (χ2n) is 6.32. The van der Waals surface area contributed by atoms with Crippen LogP contribution >= 0.6 is 0 Å². The van der Waals surface area contributed by atoms with Crippen LogP contribution in [0, 0.1) is 5.82 Å². The summed E-state index contributed by atoms with van der Waals surface area (Å²) in [7, 11) is -5.02. The standard InChI is InChI=1S/C18H23FN2O7S2/c1-5-21(6-2)29(23,24)14-8-9-16(19)15(11-14)18(22)27-12-13-7-10-17(28-13)30(25,26)20(3)4/h7-11H,5-6,12H2,1-4H3. The minimum Gasteiger partial charge on any atom is -0.454 e. The molecule has 0 saturated carbocycles. The van der Waals surface area contributed by atoms with Crippen molar-refractivity contribution in [2.75, 3.05) is 27.2 Å². The highest BCUT2D eigenvalue weighted by molar-refractivity contribution is 7.89. The Bertz CT molecular complexity index is 1120. The van der Waals surface area contributed by atoms with E-state index in [0.717, 1.165) is 22.5 Å². The van der Waals surface area contributed by atoms with E-state index in [2.05, 4.69) is 0 Å². The Kier molecular flexibility index (Phi) is 7.40. The van der Waals surface area contributed by atoms with E-state index in [0.29, 0.717) is 0 Å². The van der Waals surface area contributed by atoms with E-state index >= 15 is 0 Å². The number of hydrogen-bond donors (Lipinski definition) is 0. The van der Waals surface area contributed by atoms with Crippen molar-refractivity contribution in [3.63, 3.8) is 0 Å². The molecular weight excluding hydrogens is 439 g/mol. The van der Waals surface area contributed by atoms with Crippen molar-refractivity contribution in [3.05, 3.63) is 47.5 Å². The molecule has 1 aromatic carbocycles. The van der Waals surface area contributed by atoms with Crippen molar-refractivity contribution in [2.45, 2.75) is 30.4 Å². The third-order valence-corrected chi connectivity index (χ3v) is 7.95. The predicted octanol–water partition coefficient (Wildman–Crippen LogP) is 2.06. The monoisotopic (exact) mass is 462 g/mol. The Hall–Kier alpha value is -2.28. The van der Waals surface area contributed by atoms with Crippen LogP contribution in [0.2, 0.25) is 0 Å². The number of sulfonamides is 2. The molecule has 1 heterocycles. The first-order chi connectivity index (χ1) is 13.9. The first-order valence-electron chi connectivity index (χ1n) is 8.93. The van der Waals surface area contributed by atoms with Crippen LogP contribution in [0.4, 0.5) is 4.39 Å². The number of furan rings is 1. The van der Waals surface area contributed by atoms with Gasteiger partial charge in [-0.05, 0) is 30.3 Å².